The fourth-order valence-electron chi connectivity index (χ4n) is 2.79. The van der Waals surface area contributed by atoms with Crippen LogP contribution in [-0.2, 0) is 0 Å². The lowest BCUT2D eigenvalue weighted by Gasteiger charge is -2.43. The predicted octanol–water partition coefficient (Wildman–Crippen LogP) is 3.69. The Bertz CT molecular complexity index is 172. The summed E-state index contributed by atoms with van der Waals surface area (Å²) in [6.45, 7) is 15.0. The highest BCUT2D eigenvalue weighted by atomic mass is 28.3. The smallest absolute Gasteiger partial charge is 0.0375 e. The first-order valence-corrected chi connectivity index (χ1v) is 8.21. The molecule has 0 spiro atoms. The van der Waals surface area contributed by atoms with Gasteiger partial charge in [-0.05, 0) is 29.2 Å². The second-order valence-corrected chi connectivity index (χ2v) is 9.32. The Morgan fingerprint density at radius 2 is 1.67 bits per heavy atom. The molecule has 2 atom stereocenters. The molecule has 0 bridgehead atoms. The van der Waals surface area contributed by atoms with E-state index in [-0.39, 0.29) is 0 Å². The van der Waals surface area contributed by atoms with E-state index in [1.807, 2.05) is 0 Å². The molecule has 0 aromatic carbocycles. The fraction of sp³-hybridized carbons (Fsp3) is 1.00. The van der Waals surface area contributed by atoms with Crippen molar-refractivity contribution in [1.29, 1.82) is 0 Å². The summed E-state index contributed by atoms with van der Waals surface area (Å²) in [5.41, 5.74) is 0.591. The van der Waals surface area contributed by atoms with E-state index in [0.29, 0.717) is 10.5 Å². The summed E-state index contributed by atoms with van der Waals surface area (Å²) in [5.74, 6) is 0.928. The molecule has 1 aliphatic rings. The van der Waals surface area contributed by atoms with Crippen molar-refractivity contribution in [2.75, 3.05) is 0 Å². The van der Waals surface area contributed by atoms with Gasteiger partial charge in [-0.2, -0.15) is 0 Å². The standard InChI is InChI=1S/C11H24Si/c1-9-7-8-11(4,12(5)6)10(9,2)3/h9,12H,7-8H2,1-6H3. The normalized spacial score (nSPS) is 40.8. The van der Waals surface area contributed by atoms with Gasteiger partial charge in [0.2, 0.25) is 0 Å². The molecule has 1 saturated carbocycles. The van der Waals surface area contributed by atoms with E-state index in [9.17, 15) is 0 Å². The lowest BCUT2D eigenvalue weighted by molar-refractivity contribution is 0.221. The minimum atomic E-state index is -0.501. The topological polar surface area (TPSA) is 0 Å². The van der Waals surface area contributed by atoms with Crippen molar-refractivity contribution in [2.24, 2.45) is 11.3 Å². The lowest BCUT2D eigenvalue weighted by atomic mass is 9.76. The molecule has 0 saturated heterocycles. The van der Waals surface area contributed by atoms with Gasteiger partial charge in [0.25, 0.3) is 0 Å². The molecule has 72 valence electrons. The molecule has 2 unspecified atom stereocenters. The van der Waals surface area contributed by atoms with E-state index in [1.54, 1.807) is 0 Å². The van der Waals surface area contributed by atoms with Crippen LogP contribution in [0.3, 0.4) is 0 Å². The predicted molar refractivity (Wildman–Crippen MR) is 59.4 cm³/mol. The van der Waals surface area contributed by atoms with Gasteiger partial charge < -0.3 is 0 Å². The van der Waals surface area contributed by atoms with Gasteiger partial charge in [0.1, 0.15) is 0 Å². The summed E-state index contributed by atoms with van der Waals surface area (Å²) >= 11 is 0. The zero-order valence-electron chi connectivity index (χ0n) is 9.57. The maximum Gasteiger partial charge on any atom is 0.0375 e. The Labute approximate surface area is 79.4 Å². The van der Waals surface area contributed by atoms with Crippen LogP contribution in [0.2, 0.25) is 18.1 Å². The average Bonchev–Trinajstić information content (AvgIpc) is 2.15. The maximum absolute atomic E-state index is 2.54. The van der Waals surface area contributed by atoms with Crippen LogP contribution in [0, 0.1) is 11.3 Å². The Kier molecular flexibility index (Phi) is 2.46. The Morgan fingerprint density at radius 1 is 1.17 bits per heavy atom. The van der Waals surface area contributed by atoms with Crippen LogP contribution in [0.5, 0.6) is 0 Å². The molecule has 1 heteroatoms. The second kappa shape index (κ2) is 2.86. The van der Waals surface area contributed by atoms with Gasteiger partial charge in [0, 0.05) is 8.80 Å². The first-order chi connectivity index (χ1) is 5.32. The van der Waals surface area contributed by atoms with Crippen LogP contribution in [0.1, 0.15) is 40.5 Å². The van der Waals surface area contributed by atoms with Gasteiger partial charge in [0.05, 0.1) is 0 Å². The maximum atomic E-state index is 2.54. The van der Waals surface area contributed by atoms with E-state index in [0.717, 1.165) is 5.92 Å². The fourth-order valence-corrected chi connectivity index (χ4v) is 5.31. The third-order valence-electron chi connectivity index (χ3n) is 5.07. The average molecular weight is 184 g/mol. The van der Waals surface area contributed by atoms with Crippen LogP contribution < -0.4 is 0 Å². The monoisotopic (exact) mass is 184 g/mol. The lowest BCUT2D eigenvalue weighted by Crippen LogP contribution is -2.36. The molecule has 0 heterocycles. The zero-order valence-corrected chi connectivity index (χ0v) is 10.7. The quantitative estimate of drug-likeness (QED) is 0.545. The van der Waals surface area contributed by atoms with Gasteiger partial charge in [-0.25, -0.2) is 0 Å². The van der Waals surface area contributed by atoms with Gasteiger partial charge in [-0.15, -0.1) is 0 Å². The van der Waals surface area contributed by atoms with Crippen LogP contribution >= 0.6 is 0 Å². The third kappa shape index (κ3) is 1.17. The number of rotatable bonds is 1. The van der Waals surface area contributed by atoms with Gasteiger partial charge in [-0.3, -0.25) is 0 Å². The Morgan fingerprint density at radius 3 is 1.83 bits per heavy atom. The summed E-state index contributed by atoms with van der Waals surface area (Å²) in [4.78, 5) is 0. The largest absolute Gasteiger partial charge is 0.0718 e. The zero-order chi connectivity index (χ0) is 9.57. The Hall–Kier alpha value is 0.217. The summed E-state index contributed by atoms with van der Waals surface area (Å²) in [5, 5.41) is 0.701. The van der Waals surface area contributed by atoms with Crippen LogP contribution in [0.15, 0.2) is 0 Å². The molecule has 1 rings (SSSR count). The highest BCUT2D eigenvalue weighted by Gasteiger charge is 2.50. The van der Waals surface area contributed by atoms with Gasteiger partial charge >= 0.3 is 0 Å². The van der Waals surface area contributed by atoms with E-state index < -0.39 is 8.80 Å². The van der Waals surface area contributed by atoms with Crippen molar-refractivity contribution in [1.82, 2.24) is 0 Å². The highest BCUT2D eigenvalue weighted by molar-refractivity contribution is 6.59. The third-order valence-corrected chi connectivity index (χ3v) is 8.66. The van der Waals surface area contributed by atoms with Crippen LogP contribution in [0.4, 0.5) is 0 Å². The summed E-state index contributed by atoms with van der Waals surface area (Å²) in [6.07, 6.45) is 2.93. The van der Waals surface area contributed by atoms with Crippen LogP contribution in [0.25, 0.3) is 0 Å². The molecule has 1 aliphatic carbocycles. The van der Waals surface area contributed by atoms with E-state index in [4.69, 9.17) is 0 Å². The number of hydrogen-bond donors (Lipinski definition) is 0. The van der Waals surface area contributed by atoms with Crippen molar-refractivity contribution in [3.63, 3.8) is 0 Å². The van der Waals surface area contributed by atoms with Crippen molar-refractivity contribution in [3.05, 3.63) is 0 Å². The molecule has 0 nitrogen and oxygen atoms in total. The molecule has 0 N–H and O–H groups in total. The van der Waals surface area contributed by atoms with Gasteiger partial charge in [0.15, 0.2) is 0 Å². The minimum absolute atomic E-state index is 0.501. The van der Waals surface area contributed by atoms with Crippen molar-refractivity contribution < 1.29 is 0 Å². The summed E-state index contributed by atoms with van der Waals surface area (Å²) in [6, 6.07) is 0. The molecule has 0 aliphatic heterocycles. The second-order valence-electron chi connectivity index (χ2n) is 5.73. The minimum Gasteiger partial charge on any atom is -0.0718 e. The SMILES string of the molecule is CC1CCC(C)([SiH](C)C)C1(C)C. The highest BCUT2D eigenvalue weighted by Crippen LogP contribution is 2.62. The first kappa shape index (κ1) is 10.3. The molecule has 0 amide bonds. The molecule has 0 aromatic heterocycles. The Balaban J connectivity index is 2.93. The van der Waals surface area contributed by atoms with E-state index in [1.165, 1.54) is 12.8 Å². The molecule has 0 radical (unpaired) electrons. The van der Waals surface area contributed by atoms with Crippen LogP contribution in [-0.4, -0.2) is 8.80 Å². The van der Waals surface area contributed by atoms with Crippen molar-refractivity contribution in [2.45, 2.75) is 58.7 Å². The molecule has 12 heavy (non-hydrogen) atoms. The van der Waals surface area contributed by atoms with Crippen molar-refractivity contribution >= 4 is 8.80 Å². The summed E-state index contributed by atoms with van der Waals surface area (Å²) < 4.78 is 0. The molecule has 1 fully saturated rings. The van der Waals surface area contributed by atoms with Gasteiger partial charge in [-0.1, -0.05) is 40.8 Å². The van der Waals surface area contributed by atoms with E-state index >= 15 is 0 Å². The number of hydrogen-bond acceptors (Lipinski definition) is 0. The van der Waals surface area contributed by atoms with E-state index in [2.05, 4.69) is 40.8 Å². The molecule has 0 aromatic rings. The van der Waals surface area contributed by atoms with Crippen molar-refractivity contribution in [3.8, 4) is 0 Å². The summed E-state index contributed by atoms with van der Waals surface area (Å²) in [7, 11) is -0.501. The first-order valence-electron chi connectivity index (χ1n) is 5.32. The molecular formula is C11H24Si. The molecular weight excluding hydrogens is 160 g/mol.